The van der Waals surface area contributed by atoms with Crippen LogP contribution in [0.1, 0.15) is 12.8 Å². The molecular formula is C8H13O4P. The van der Waals surface area contributed by atoms with Gasteiger partial charge in [-0.2, -0.15) is 0 Å². The molecule has 0 aliphatic rings. The Balaban J connectivity index is 4.04. The van der Waals surface area contributed by atoms with E-state index in [0.29, 0.717) is 6.42 Å². The first-order valence-electron chi connectivity index (χ1n) is 3.73. The van der Waals surface area contributed by atoms with E-state index in [1.165, 1.54) is 14.2 Å². The van der Waals surface area contributed by atoms with E-state index >= 15 is 0 Å². The number of ketones is 1. The van der Waals surface area contributed by atoms with Gasteiger partial charge in [0.1, 0.15) is 11.9 Å². The first kappa shape index (κ1) is 12.4. The van der Waals surface area contributed by atoms with Crippen molar-refractivity contribution in [2.75, 3.05) is 20.4 Å². The molecule has 0 amide bonds. The van der Waals surface area contributed by atoms with Crippen LogP contribution in [0.25, 0.3) is 0 Å². The standard InChI is InChI=1S/C8H13O4P/c1-4-5-6-8(9)7-13(10,11-2)12-3/h1H,5-7H2,2-3H3. The van der Waals surface area contributed by atoms with Crippen molar-refractivity contribution < 1.29 is 18.4 Å². The number of hydrogen-bond donors (Lipinski definition) is 0. The van der Waals surface area contributed by atoms with Crippen LogP contribution >= 0.6 is 7.60 Å². The average Bonchev–Trinajstić information content (AvgIpc) is 2.14. The molecule has 0 spiro atoms. The van der Waals surface area contributed by atoms with Crippen molar-refractivity contribution in [3.63, 3.8) is 0 Å². The van der Waals surface area contributed by atoms with Crippen molar-refractivity contribution in [3.05, 3.63) is 0 Å². The summed E-state index contributed by atoms with van der Waals surface area (Å²) in [4.78, 5) is 11.1. The van der Waals surface area contributed by atoms with Crippen molar-refractivity contribution in [3.8, 4) is 12.3 Å². The Kier molecular flexibility index (Phi) is 5.65. The molecule has 0 fully saturated rings. The molecule has 0 saturated heterocycles. The third-order valence-electron chi connectivity index (χ3n) is 1.47. The Labute approximate surface area is 78.1 Å². The van der Waals surface area contributed by atoms with Gasteiger partial charge in [-0.3, -0.25) is 9.36 Å². The van der Waals surface area contributed by atoms with Crippen LogP contribution in [0.2, 0.25) is 0 Å². The SMILES string of the molecule is C#CCCC(=O)CP(=O)(OC)OC. The second-order valence-corrected chi connectivity index (χ2v) is 4.65. The Morgan fingerprint density at radius 2 is 2.00 bits per heavy atom. The van der Waals surface area contributed by atoms with E-state index in [9.17, 15) is 9.36 Å². The largest absolute Gasteiger partial charge is 0.337 e. The summed E-state index contributed by atoms with van der Waals surface area (Å²) in [6.07, 6.45) is 5.33. The summed E-state index contributed by atoms with van der Waals surface area (Å²) in [5.41, 5.74) is 0. The third kappa shape index (κ3) is 4.84. The van der Waals surface area contributed by atoms with Gasteiger partial charge in [-0.1, -0.05) is 0 Å². The lowest BCUT2D eigenvalue weighted by Gasteiger charge is -2.11. The van der Waals surface area contributed by atoms with E-state index in [1.807, 2.05) is 0 Å². The van der Waals surface area contributed by atoms with Gasteiger partial charge in [-0.15, -0.1) is 12.3 Å². The fourth-order valence-corrected chi connectivity index (χ4v) is 1.71. The summed E-state index contributed by atoms with van der Waals surface area (Å²) in [7, 11) is -0.698. The smallest absolute Gasteiger partial charge is 0.312 e. The highest BCUT2D eigenvalue weighted by molar-refractivity contribution is 7.54. The number of carbonyl (C=O) groups excluding carboxylic acids is 1. The van der Waals surface area contributed by atoms with E-state index < -0.39 is 7.60 Å². The van der Waals surface area contributed by atoms with E-state index in [-0.39, 0.29) is 18.4 Å². The molecule has 74 valence electrons. The normalized spacial score (nSPS) is 10.8. The van der Waals surface area contributed by atoms with Gasteiger partial charge in [0.05, 0.1) is 0 Å². The van der Waals surface area contributed by atoms with Gasteiger partial charge in [0.2, 0.25) is 0 Å². The van der Waals surface area contributed by atoms with Gasteiger partial charge in [0, 0.05) is 27.1 Å². The molecule has 0 unspecified atom stereocenters. The fraction of sp³-hybridized carbons (Fsp3) is 0.625. The minimum absolute atomic E-state index is 0.204. The van der Waals surface area contributed by atoms with Crippen LogP contribution in [-0.2, 0) is 18.4 Å². The van der Waals surface area contributed by atoms with Crippen molar-refractivity contribution in [2.45, 2.75) is 12.8 Å². The number of hydrogen-bond acceptors (Lipinski definition) is 4. The van der Waals surface area contributed by atoms with Gasteiger partial charge in [-0.05, 0) is 0 Å². The van der Waals surface area contributed by atoms with Gasteiger partial charge in [0.15, 0.2) is 0 Å². The second kappa shape index (κ2) is 5.93. The summed E-state index contributed by atoms with van der Waals surface area (Å²) in [5.74, 6) is 2.12. The van der Waals surface area contributed by atoms with Crippen LogP contribution in [0.4, 0.5) is 0 Å². The van der Waals surface area contributed by atoms with Crippen LogP contribution in [0.5, 0.6) is 0 Å². The van der Waals surface area contributed by atoms with Crippen LogP contribution < -0.4 is 0 Å². The minimum atomic E-state index is -3.20. The van der Waals surface area contributed by atoms with Gasteiger partial charge in [0.25, 0.3) is 0 Å². The summed E-state index contributed by atoms with van der Waals surface area (Å²) in [6, 6.07) is 0. The molecule has 0 rings (SSSR count). The van der Waals surface area contributed by atoms with Crippen LogP contribution in [0.15, 0.2) is 0 Å². The van der Waals surface area contributed by atoms with Crippen molar-refractivity contribution in [1.82, 2.24) is 0 Å². The zero-order chi connectivity index (χ0) is 10.3. The lowest BCUT2D eigenvalue weighted by Crippen LogP contribution is -2.07. The zero-order valence-electron chi connectivity index (χ0n) is 7.78. The van der Waals surface area contributed by atoms with E-state index in [2.05, 4.69) is 15.0 Å². The first-order valence-corrected chi connectivity index (χ1v) is 5.46. The van der Waals surface area contributed by atoms with Gasteiger partial charge in [-0.25, -0.2) is 0 Å². The average molecular weight is 204 g/mol. The second-order valence-electron chi connectivity index (χ2n) is 2.38. The summed E-state index contributed by atoms with van der Waals surface area (Å²) in [6.45, 7) is 0. The summed E-state index contributed by atoms with van der Waals surface area (Å²) in [5, 5.41) is 0. The fourth-order valence-electron chi connectivity index (χ4n) is 0.710. The predicted molar refractivity (Wildman–Crippen MR) is 49.6 cm³/mol. The van der Waals surface area contributed by atoms with E-state index in [1.54, 1.807) is 0 Å². The molecule has 5 heteroatoms. The van der Waals surface area contributed by atoms with Crippen LogP contribution in [-0.4, -0.2) is 26.2 Å². The quantitative estimate of drug-likeness (QED) is 0.485. The molecule has 0 heterocycles. The zero-order valence-corrected chi connectivity index (χ0v) is 8.67. The molecule has 0 aromatic rings. The number of Topliss-reactive ketones (excluding diaryl/α,β-unsaturated/α-hetero) is 1. The summed E-state index contributed by atoms with van der Waals surface area (Å²) < 4.78 is 20.6. The molecule has 0 aromatic heterocycles. The first-order chi connectivity index (χ1) is 6.08. The molecule has 0 saturated carbocycles. The Morgan fingerprint density at radius 3 is 2.38 bits per heavy atom. The van der Waals surface area contributed by atoms with E-state index in [4.69, 9.17) is 6.42 Å². The number of rotatable bonds is 6. The number of carbonyl (C=O) groups is 1. The van der Waals surface area contributed by atoms with E-state index in [0.717, 1.165) is 0 Å². The molecular weight excluding hydrogens is 191 g/mol. The molecule has 0 aliphatic heterocycles. The monoisotopic (exact) mass is 204 g/mol. The minimum Gasteiger partial charge on any atom is -0.312 e. The highest BCUT2D eigenvalue weighted by Crippen LogP contribution is 2.46. The maximum absolute atomic E-state index is 11.4. The van der Waals surface area contributed by atoms with Crippen molar-refractivity contribution in [2.24, 2.45) is 0 Å². The predicted octanol–water partition coefficient (Wildman–Crippen LogP) is 1.45. The highest BCUT2D eigenvalue weighted by atomic mass is 31.2. The third-order valence-corrected chi connectivity index (χ3v) is 3.33. The molecule has 0 aromatic carbocycles. The summed E-state index contributed by atoms with van der Waals surface area (Å²) >= 11 is 0. The molecule has 13 heavy (non-hydrogen) atoms. The highest BCUT2D eigenvalue weighted by Gasteiger charge is 2.24. The van der Waals surface area contributed by atoms with Crippen molar-refractivity contribution >= 4 is 13.4 Å². The molecule has 0 atom stereocenters. The van der Waals surface area contributed by atoms with Gasteiger partial charge >= 0.3 is 7.60 Å². The maximum atomic E-state index is 11.4. The van der Waals surface area contributed by atoms with Crippen LogP contribution in [0.3, 0.4) is 0 Å². The van der Waals surface area contributed by atoms with Crippen LogP contribution in [0, 0.1) is 12.3 Å². The lowest BCUT2D eigenvalue weighted by atomic mass is 10.2. The maximum Gasteiger partial charge on any atom is 0.337 e. The lowest BCUT2D eigenvalue weighted by molar-refractivity contribution is -0.116. The Morgan fingerprint density at radius 1 is 1.46 bits per heavy atom. The van der Waals surface area contributed by atoms with Crippen molar-refractivity contribution in [1.29, 1.82) is 0 Å². The molecule has 0 bridgehead atoms. The molecule has 0 aliphatic carbocycles. The topological polar surface area (TPSA) is 52.6 Å². The molecule has 0 N–H and O–H groups in total. The van der Waals surface area contributed by atoms with Gasteiger partial charge < -0.3 is 9.05 Å². The Bertz CT molecular complexity index is 245. The molecule has 4 nitrogen and oxygen atoms in total. The molecule has 0 radical (unpaired) electrons. The Hall–Kier alpha value is -0.620. The number of terminal acetylenes is 1.